The molecule has 0 aliphatic rings. The fourth-order valence-electron chi connectivity index (χ4n) is 7.42. The van der Waals surface area contributed by atoms with Gasteiger partial charge >= 0.3 is 0 Å². The summed E-state index contributed by atoms with van der Waals surface area (Å²) in [6.45, 7) is 8.01. The maximum atomic E-state index is 9.61. The smallest absolute Gasteiger partial charge is 0.189 e. The lowest BCUT2D eigenvalue weighted by molar-refractivity contribution is 0.669. The summed E-state index contributed by atoms with van der Waals surface area (Å²) in [6, 6.07) is 47.3. The van der Waals surface area contributed by atoms with Crippen LogP contribution in [0.25, 0.3) is 93.0 Å². The third kappa shape index (κ3) is 3.96. The molecule has 0 fully saturated rings. The van der Waals surface area contributed by atoms with Gasteiger partial charge < -0.3 is 8.98 Å². The predicted octanol–water partition coefficient (Wildman–Crippen LogP) is 11.3. The number of fused-ring (bicyclic) bond motifs is 9. The number of furan rings is 1. The van der Waals surface area contributed by atoms with Crippen LogP contribution < -0.4 is 0 Å². The number of hydrogen-bond acceptors (Lipinski definition) is 3. The highest BCUT2D eigenvalue weighted by atomic mass is 16.3. The molecule has 226 valence electrons. The highest BCUT2D eigenvalue weighted by molar-refractivity contribution is 6.16. The van der Waals surface area contributed by atoms with Crippen LogP contribution in [-0.2, 0) is 0 Å². The highest BCUT2D eigenvalue weighted by Gasteiger charge is 2.18. The van der Waals surface area contributed by atoms with Crippen molar-refractivity contribution in [2.24, 2.45) is 0 Å². The van der Waals surface area contributed by atoms with E-state index in [0.717, 1.165) is 88.2 Å². The van der Waals surface area contributed by atoms with Crippen molar-refractivity contribution in [3.63, 3.8) is 0 Å². The van der Waals surface area contributed by atoms with Gasteiger partial charge in [0.15, 0.2) is 5.69 Å². The summed E-state index contributed by atoms with van der Waals surface area (Å²) >= 11 is 0. The molecule has 0 saturated carbocycles. The molecule has 0 N–H and O–H groups in total. The molecule has 10 aromatic rings. The molecule has 4 heterocycles. The van der Waals surface area contributed by atoms with Crippen molar-refractivity contribution in [1.29, 1.82) is 5.26 Å². The molecule has 0 aliphatic heterocycles. The van der Waals surface area contributed by atoms with E-state index < -0.39 is 0 Å². The Balaban J connectivity index is 1.20. The van der Waals surface area contributed by atoms with E-state index in [-0.39, 0.29) is 0 Å². The van der Waals surface area contributed by atoms with Gasteiger partial charge in [0, 0.05) is 49.9 Å². The molecule has 0 amide bonds. The largest absolute Gasteiger partial charge is 0.456 e. The van der Waals surface area contributed by atoms with E-state index in [1.54, 1.807) is 0 Å². The molecule has 0 unspecified atom stereocenters. The van der Waals surface area contributed by atoms with Crippen LogP contribution in [0.4, 0.5) is 5.69 Å². The molecule has 0 saturated heterocycles. The first-order valence-electron chi connectivity index (χ1n) is 16.0. The van der Waals surface area contributed by atoms with Crippen molar-refractivity contribution in [3.8, 4) is 28.6 Å². The fourth-order valence-corrected chi connectivity index (χ4v) is 7.42. The Kier molecular flexibility index (Phi) is 5.61. The minimum Gasteiger partial charge on any atom is -0.456 e. The van der Waals surface area contributed by atoms with E-state index in [9.17, 15) is 5.26 Å². The van der Waals surface area contributed by atoms with Gasteiger partial charge in [-0.05, 0) is 96.1 Å². The molecule has 6 heteroatoms. The van der Waals surface area contributed by atoms with Crippen LogP contribution in [0.15, 0.2) is 144 Å². The lowest BCUT2D eigenvalue weighted by Crippen LogP contribution is -1.97. The number of hydrogen-bond donors (Lipinski definition) is 0. The summed E-state index contributed by atoms with van der Waals surface area (Å²) in [5.41, 5.74) is 10.6. The summed E-state index contributed by atoms with van der Waals surface area (Å²) in [5, 5.41) is 15.9. The summed E-state index contributed by atoms with van der Waals surface area (Å²) in [4.78, 5) is 8.74. The maximum Gasteiger partial charge on any atom is 0.189 e. The molecule has 10 rings (SSSR count). The van der Waals surface area contributed by atoms with Gasteiger partial charge in [-0.3, -0.25) is 4.57 Å². The van der Waals surface area contributed by atoms with Crippen LogP contribution >= 0.6 is 0 Å². The Morgan fingerprint density at radius 3 is 2.27 bits per heavy atom. The molecule has 0 spiro atoms. The average molecular weight is 626 g/mol. The number of para-hydroxylation sites is 2. The van der Waals surface area contributed by atoms with Crippen molar-refractivity contribution in [2.75, 3.05) is 0 Å². The second kappa shape index (κ2) is 10.2. The Labute approximate surface area is 279 Å². The molecule has 0 atom stereocenters. The van der Waals surface area contributed by atoms with Crippen molar-refractivity contribution >= 4 is 71.4 Å². The van der Waals surface area contributed by atoms with Gasteiger partial charge in [0.2, 0.25) is 0 Å². The Bertz CT molecular complexity index is 3090. The normalized spacial score (nSPS) is 11.6. The van der Waals surface area contributed by atoms with Crippen LogP contribution in [0.2, 0.25) is 0 Å². The summed E-state index contributed by atoms with van der Waals surface area (Å²) in [5.74, 6) is 0. The first kappa shape index (κ1) is 27.0. The summed E-state index contributed by atoms with van der Waals surface area (Å²) < 4.78 is 10.7. The van der Waals surface area contributed by atoms with Gasteiger partial charge in [-0.15, -0.1) is 0 Å². The van der Waals surface area contributed by atoms with Crippen molar-refractivity contribution in [3.05, 3.63) is 157 Å². The summed E-state index contributed by atoms with van der Waals surface area (Å²) in [6.07, 6.45) is 1.83. The molecule has 0 aliphatic carbocycles. The highest BCUT2D eigenvalue weighted by Crippen LogP contribution is 2.39. The van der Waals surface area contributed by atoms with Gasteiger partial charge in [0.1, 0.15) is 16.8 Å². The Morgan fingerprint density at radius 1 is 0.571 bits per heavy atom. The fraction of sp³-hybridized carbons (Fsp3) is 0. The molecule has 4 aromatic heterocycles. The van der Waals surface area contributed by atoms with E-state index in [1.165, 1.54) is 0 Å². The number of pyridine rings is 1. The van der Waals surface area contributed by atoms with Crippen LogP contribution in [-0.4, -0.2) is 14.1 Å². The van der Waals surface area contributed by atoms with Crippen molar-refractivity contribution < 1.29 is 4.42 Å². The maximum absolute atomic E-state index is 9.61. The van der Waals surface area contributed by atoms with Crippen LogP contribution in [0.3, 0.4) is 0 Å². The lowest BCUT2D eigenvalue weighted by Gasteiger charge is -2.13. The number of nitrogens with zero attached hydrogens (tertiary/aromatic N) is 5. The second-order valence-electron chi connectivity index (χ2n) is 12.3. The van der Waals surface area contributed by atoms with Crippen molar-refractivity contribution in [2.45, 2.75) is 0 Å². The monoisotopic (exact) mass is 625 g/mol. The molecule has 6 nitrogen and oxygen atoms in total. The number of benzene rings is 6. The number of aromatic nitrogens is 3. The van der Waals surface area contributed by atoms with Gasteiger partial charge in [0.25, 0.3) is 0 Å². The van der Waals surface area contributed by atoms with Gasteiger partial charge in [0.05, 0.1) is 34.8 Å². The third-order valence-electron chi connectivity index (χ3n) is 9.55. The topological polar surface area (TPSA) is 64.0 Å². The average Bonchev–Trinajstić information content (AvgIpc) is 3.80. The minimum absolute atomic E-state index is 0.547. The zero-order valence-corrected chi connectivity index (χ0v) is 25.9. The predicted molar refractivity (Wildman–Crippen MR) is 197 cm³/mol. The number of rotatable bonds is 3. The lowest BCUT2D eigenvalue weighted by atomic mass is 10.0. The first-order chi connectivity index (χ1) is 24.2. The SMILES string of the molecule is [C-]#[N+]c1cc(-c2cccc(-n3c4cc5c(cc4c4cccnc43)oc3ccccc35)c2)cc(-n2c3ccccc3c3cc(C#N)ccc32)c1. The molecule has 6 aromatic carbocycles. The third-order valence-corrected chi connectivity index (χ3v) is 9.55. The Morgan fingerprint density at radius 2 is 1.37 bits per heavy atom. The summed E-state index contributed by atoms with van der Waals surface area (Å²) in [7, 11) is 0. The van der Waals surface area contributed by atoms with Gasteiger partial charge in [-0.2, -0.15) is 5.26 Å². The van der Waals surface area contributed by atoms with Crippen LogP contribution in [0, 0.1) is 17.9 Å². The van der Waals surface area contributed by atoms with Crippen LogP contribution in [0.1, 0.15) is 5.56 Å². The molecular formula is C43H23N5O. The van der Waals surface area contributed by atoms with Crippen LogP contribution in [0.5, 0.6) is 0 Å². The first-order valence-corrected chi connectivity index (χ1v) is 16.0. The standard InChI is InChI=1S/C43H23N5O/c1-45-29-19-28(21-31(22-29)47-38-13-4-2-10-32(38)35-18-26(25-44)15-16-39(35)47)27-8-6-9-30(20-27)48-40-23-37-33-11-3-5-14-41(33)49-42(37)24-36(40)34-12-7-17-46-43(34)48/h2-24H. The quantitative estimate of drug-likeness (QED) is 0.184. The molecular weight excluding hydrogens is 603 g/mol. The number of nitriles is 1. The minimum atomic E-state index is 0.547. The molecule has 0 radical (unpaired) electrons. The van der Waals surface area contributed by atoms with E-state index in [0.29, 0.717) is 11.3 Å². The van der Waals surface area contributed by atoms with Gasteiger partial charge in [-0.1, -0.05) is 48.5 Å². The van der Waals surface area contributed by atoms with E-state index >= 15 is 0 Å². The molecule has 0 bridgehead atoms. The Hall–Kier alpha value is -7.15. The van der Waals surface area contributed by atoms with Crippen molar-refractivity contribution in [1.82, 2.24) is 14.1 Å². The van der Waals surface area contributed by atoms with E-state index in [1.807, 2.05) is 72.9 Å². The molecule has 49 heavy (non-hydrogen) atoms. The van der Waals surface area contributed by atoms with E-state index in [4.69, 9.17) is 16.0 Å². The second-order valence-corrected chi connectivity index (χ2v) is 12.3. The van der Waals surface area contributed by atoms with E-state index in [2.05, 4.69) is 86.8 Å². The zero-order valence-electron chi connectivity index (χ0n) is 25.9. The zero-order chi connectivity index (χ0) is 32.6. The van der Waals surface area contributed by atoms with Gasteiger partial charge in [-0.25, -0.2) is 9.83 Å².